The first-order chi connectivity index (χ1) is 18.0. The van der Waals surface area contributed by atoms with E-state index in [-0.39, 0.29) is 18.0 Å². The Bertz CT molecular complexity index is 1200. The van der Waals surface area contributed by atoms with Gasteiger partial charge in [-0.1, -0.05) is 18.2 Å². The molecule has 0 saturated carbocycles. The quantitative estimate of drug-likeness (QED) is 0.312. The molecule has 1 N–H and O–H groups in total. The number of halogens is 6. The third kappa shape index (κ3) is 7.30. The molecule has 204 valence electrons. The number of methoxy groups -OCH3 is 1. The first-order valence-corrected chi connectivity index (χ1v) is 11.4. The third-order valence-electron chi connectivity index (χ3n) is 5.67. The molecule has 1 aromatic heterocycles. The summed E-state index contributed by atoms with van der Waals surface area (Å²) in [6.07, 6.45) is -2.71. The van der Waals surface area contributed by atoms with Crippen LogP contribution in [0.5, 0.6) is 11.5 Å². The smallest absolute Gasteiger partial charge is 0.433 e. The number of nitrogens with one attached hydrogen (secondary N) is 1. The number of alkyl halides is 5. The van der Waals surface area contributed by atoms with Gasteiger partial charge in [-0.25, -0.2) is 4.39 Å². The van der Waals surface area contributed by atoms with Crippen LogP contribution in [0.2, 0.25) is 0 Å². The summed E-state index contributed by atoms with van der Waals surface area (Å²) >= 11 is 0. The topological polar surface area (TPSA) is 63.7 Å². The fraction of sp³-hybridized carbons (Fsp3) is 0.308. The molecule has 3 aromatic rings. The predicted octanol–water partition coefficient (Wildman–Crippen LogP) is 5.78. The van der Waals surface area contributed by atoms with E-state index in [2.05, 4.69) is 15.0 Å². The lowest BCUT2D eigenvalue weighted by atomic mass is 10.0. The van der Waals surface area contributed by atoms with Gasteiger partial charge >= 0.3 is 12.8 Å². The predicted molar refractivity (Wildman–Crippen MR) is 128 cm³/mol. The molecule has 1 atom stereocenters. The molecule has 2 aromatic carbocycles. The molecule has 38 heavy (non-hydrogen) atoms. The van der Waals surface area contributed by atoms with E-state index in [1.807, 2.05) is 0 Å². The summed E-state index contributed by atoms with van der Waals surface area (Å²) in [5, 5.41) is 2.58. The molecule has 0 fully saturated rings. The van der Waals surface area contributed by atoms with E-state index in [9.17, 15) is 31.1 Å². The second-order valence-electron chi connectivity index (χ2n) is 8.13. The van der Waals surface area contributed by atoms with Crippen LogP contribution in [0, 0.1) is 5.82 Å². The lowest BCUT2D eigenvalue weighted by Gasteiger charge is -2.33. The molecule has 0 spiro atoms. The average molecular weight is 541 g/mol. The number of pyridine rings is 1. The summed E-state index contributed by atoms with van der Waals surface area (Å²) in [6.45, 7) is -2.88. The number of likely N-dealkylation sites (N-methyl/N-ethyl adjacent to an activating group) is 1. The van der Waals surface area contributed by atoms with Crippen molar-refractivity contribution in [1.29, 1.82) is 0 Å². The van der Waals surface area contributed by atoms with Gasteiger partial charge in [0.1, 0.15) is 17.6 Å². The monoisotopic (exact) mass is 541 g/mol. The molecule has 6 nitrogen and oxygen atoms in total. The number of amides is 1. The summed E-state index contributed by atoms with van der Waals surface area (Å²) in [5.41, 5.74) is 0.410. The standard InChI is InChI=1S/C26H25F6N3O3/c1-33-24(36)23(17-6-8-18(27)9-7-17)35(19-10-11-20(38-25(28)29)21(14-19)37-2)13-3-4-16-5-12-22(34-15-16)26(30,31)32/h5-12,14-15,23,25H,3-4,13H2,1-2H3,(H,33,36)/t23-/m0/s1. The molecular weight excluding hydrogens is 516 g/mol. The number of benzene rings is 2. The molecular formula is C26H25F6N3O3. The average Bonchev–Trinajstić information content (AvgIpc) is 2.88. The van der Waals surface area contributed by atoms with Crippen LogP contribution in [0.3, 0.4) is 0 Å². The van der Waals surface area contributed by atoms with Crippen molar-refractivity contribution in [2.45, 2.75) is 31.7 Å². The van der Waals surface area contributed by atoms with Crippen LogP contribution >= 0.6 is 0 Å². The van der Waals surface area contributed by atoms with Gasteiger partial charge in [0.2, 0.25) is 5.91 Å². The number of rotatable bonds is 11. The van der Waals surface area contributed by atoms with E-state index in [0.29, 0.717) is 29.7 Å². The van der Waals surface area contributed by atoms with Crippen molar-refractivity contribution in [2.24, 2.45) is 0 Å². The van der Waals surface area contributed by atoms with Crippen molar-refractivity contribution >= 4 is 11.6 Å². The number of anilines is 1. The van der Waals surface area contributed by atoms with Gasteiger partial charge in [0.05, 0.1) is 7.11 Å². The molecule has 0 saturated heterocycles. The van der Waals surface area contributed by atoms with Gasteiger partial charge in [0, 0.05) is 31.5 Å². The molecule has 0 aliphatic carbocycles. The van der Waals surface area contributed by atoms with Crippen LogP contribution in [-0.4, -0.2) is 38.2 Å². The first kappa shape index (κ1) is 28.6. The van der Waals surface area contributed by atoms with E-state index < -0.39 is 36.2 Å². The highest BCUT2D eigenvalue weighted by Gasteiger charge is 2.32. The van der Waals surface area contributed by atoms with Crippen LogP contribution < -0.4 is 19.7 Å². The lowest BCUT2D eigenvalue weighted by molar-refractivity contribution is -0.141. The van der Waals surface area contributed by atoms with Crippen LogP contribution in [0.25, 0.3) is 0 Å². The normalized spacial score (nSPS) is 12.2. The molecule has 1 heterocycles. The van der Waals surface area contributed by atoms with Gasteiger partial charge in [-0.15, -0.1) is 0 Å². The minimum Gasteiger partial charge on any atom is -0.493 e. The number of carbonyl (C=O) groups excluding carboxylic acids is 1. The van der Waals surface area contributed by atoms with Gasteiger partial charge in [0.15, 0.2) is 11.5 Å². The largest absolute Gasteiger partial charge is 0.493 e. The maximum atomic E-state index is 13.6. The van der Waals surface area contributed by atoms with Crippen molar-refractivity contribution in [3.63, 3.8) is 0 Å². The molecule has 0 aliphatic heterocycles. The molecule has 0 bridgehead atoms. The van der Waals surface area contributed by atoms with Crippen LogP contribution in [-0.2, 0) is 17.4 Å². The van der Waals surface area contributed by atoms with Crippen LogP contribution in [0.15, 0.2) is 60.8 Å². The van der Waals surface area contributed by atoms with Crippen LogP contribution in [0.4, 0.5) is 32.0 Å². The van der Waals surface area contributed by atoms with Crippen molar-refractivity contribution in [1.82, 2.24) is 10.3 Å². The maximum absolute atomic E-state index is 13.6. The van der Waals surface area contributed by atoms with Gasteiger partial charge in [-0.2, -0.15) is 22.0 Å². The Labute approximate surface area is 215 Å². The Morgan fingerprint density at radius 3 is 2.32 bits per heavy atom. The van der Waals surface area contributed by atoms with Crippen molar-refractivity contribution in [2.75, 3.05) is 25.6 Å². The van der Waals surface area contributed by atoms with Gasteiger partial charge in [-0.3, -0.25) is 9.78 Å². The minimum atomic E-state index is -4.55. The summed E-state index contributed by atoms with van der Waals surface area (Å²) < 4.78 is 87.4. The second-order valence-corrected chi connectivity index (χ2v) is 8.13. The van der Waals surface area contributed by atoms with Crippen LogP contribution in [0.1, 0.15) is 29.3 Å². The summed E-state index contributed by atoms with van der Waals surface area (Å²) in [5.74, 6) is -1.14. The van der Waals surface area contributed by atoms with E-state index in [1.54, 1.807) is 4.90 Å². The number of hydrogen-bond donors (Lipinski definition) is 1. The highest BCUT2D eigenvalue weighted by atomic mass is 19.4. The van der Waals surface area contributed by atoms with E-state index in [0.717, 1.165) is 12.3 Å². The maximum Gasteiger partial charge on any atom is 0.433 e. The molecule has 0 unspecified atom stereocenters. The first-order valence-electron chi connectivity index (χ1n) is 11.4. The Hall–Kier alpha value is -3.96. The lowest BCUT2D eigenvalue weighted by Crippen LogP contribution is -2.40. The highest BCUT2D eigenvalue weighted by Crippen LogP contribution is 2.36. The zero-order valence-electron chi connectivity index (χ0n) is 20.4. The number of nitrogens with zero attached hydrogens (tertiary/aromatic N) is 2. The zero-order chi connectivity index (χ0) is 27.9. The number of hydrogen-bond acceptors (Lipinski definition) is 5. The van der Waals surface area contributed by atoms with E-state index in [4.69, 9.17) is 4.74 Å². The Kier molecular flexibility index (Phi) is 9.43. The summed E-state index contributed by atoms with van der Waals surface area (Å²) in [4.78, 5) is 18.2. The van der Waals surface area contributed by atoms with Gasteiger partial charge in [-0.05, 0) is 54.3 Å². The van der Waals surface area contributed by atoms with Crippen molar-refractivity contribution in [3.8, 4) is 11.5 Å². The molecule has 0 aliphatic rings. The highest BCUT2D eigenvalue weighted by molar-refractivity contribution is 5.86. The molecule has 3 rings (SSSR count). The van der Waals surface area contributed by atoms with E-state index in [1.165, 1.54) is 62.7 Å². The van der Waals surface area contributed by atoms with Gasteiger partial charge in [0.25, 0.3) is 0 Å². The van der Waals surface area contributed by atoms with Gasteiger partial charge < -0.3 is 19.7 Å². The fourth-order valence-electron chi connectivity index (χ4n) is 3.88. The summed E-state index contributed by atoms with van der Waals surface area (Å²) in [7, 11) is 2.71. The number of carbonyl (C=O) groups is 1. The van der Waals surface area contributed by atoms with E-state index >= 15 is 0 Å². The van der Waals surface area contributed by atoms with Crippen molar-refractivity contribution in [3.05, 3.63) is 83.4 Å². The zero-order valence-corrected chi connectivity index (χ0v) is 20.4. The Morgan fingerprint density at radius 2 is 1.76 bits per heavy atom. The third-order valence-corrected chi connectivity index (χ3v) is 5.67. The fourth-order valence-corrected chi connectivity index (χ4v) is 3.88. The molecule has 12 heteroatoms. The number of aryl methyl sites for hydroxylation is 1. The second kappa shape index (κ2) is 12.5. The SMILES string of the molecule is CNC(=O)[C@H](c1ccc(F)cc1)N(CCCc1ccc(C(F)(F)F)nc1)c1ccc(OC(F)F)c(OC)c1. The number of aromatic nitrogens is 1. The Balaban J connectivity index is 1.95. The molecule has 1 amide bonds. The molecule has 0 radical (unpaired) electrons. The Morgan fingerprint density at radius 1 is 1.05 bits per heavy atom. The number of ether oxygens (including phenoxy) is 2. The van der Waals surface area contributed by atoms with Crippen molar-refractivity contribution < 1.29 is 40.6 Å². The minimum absolute atomic E-state index is 0.00509. The summed E-state index contributed by atoms with van der Waals surface area (Å²) in [6, 6.07) is 10.8.